The largest absolute Gasteiger partial charge is 0.435 e. The third-order valence-corrected chi connectivity index (χ3v) is 6.73. The number of hydrogen-bond acceptors (Lipinski definition) is 6. The lowest BCUT2D eigenvalue weighted by Gasteiger charge is -2.30. The van der Waals surface area contributed by atoms with Crippen molar-refractivity contribution in [3.8, 4) is 6.07 Å². The number of amides is 1. The van der Waals surface area contributed by atoms with Gasteiger partial charge in [-0.15, -0.1) is 0 Å². The molecule has 2 aromatic rings. The molecule has 0 aromatic heterocycles. The van der Waals surface area contributed by atoms with E-state index in [2.05, 4.69) is 15.6 Å². The Kier molecular flexibility index (Phi) is 6.62. The van der Waals surface area contributed by atoms with Gasteiger partial charge in [0.25, 0.3) is 11.5 Å². The van der Waals surface area contributed by atoms with Crippen LogP contribution >= 0.6 is 34.8 Å². The van der Waals surface area contributed by atoms with E-state index in [1.807, 2.05) is 6.07 Å². The number of alkyl halides is 3. The number of oxime groups is 2. The van der Waals surface area contributed by atoms with Crippen LogP contribution in [0.2, 0.25) is 15.1 Å². The Morgan fingerprint density at radius 2 is 1.89 bits per heavy atom. The summed E-state index contributed by atoms with van der Waals surface area (Å²) in [5.41, 5.74) is -1.91. The van der Waals surface area contributed by atoms with E-state index in [0.29, 0.717) is 11.1 Å². The minimum absolute atomic E-state index is 0.0192. The monoisotopic (exact) mass is 544 g/mol. The second-order valence-corrected chi connectivity index (χ2v) is 9.03. The fourth-order valence-electron chi connectivity index (χ4n) is 3.69. The van der Waals surface area contributed by atoms with Crippen molar-refractivity contribution in [2.45, 2.75) is 37.8 Å². The normalized spacial score (nSPS) is 21.5. The number of carbonyl (C=O) groups excluding carboxylic acids is 1. The number of nitrogens with one attached hydrogen (secondary N) is 1. The molecule has 7 nitrogen and oxygen atoms in total. The number of nitriles is 1. The average Bonchev–Trinajstić information content (AvgIpc) is 3.44. The smallest absolute Gasteiger partial charge is 0.374 e. The highest BCUT2D eigenvalue weighted by atomic mass is 35.5. The highest BCUT2D eigenvalue weighted by molar-refractivity contribution is 6.48. The van der Waals surface area contributed by atoms with Crippen molar-refractivity contribution in [3.05, 3.63) is 67.7 Å². The first kappa shape index (κ1) is 25.1. The molecule has 0 fully saturated rings. The van der Waals surface area contributed by atoms with E-state index in [-0.39, 0.29) is 44.0 Å². The number of benzene rings is 2. The highest BCUT2D eigenvalue weighted by Crippen LogP contribution is 2.50. The van der Waals surface area contributed by atoms with Gasteiger partial charge in [0.15, 0.2) is 5.71 Å². The molecule has 0 saturated carbocycles. The van der Waals surface area contributed by atoms with Crippen molar-refractivity contribution in [2.24, 2.45) is 10.3 Å². The Morgan fingerprint density at radius 1 is 1.20 bits per heavy atom. The van der Waals surface area contributed by atoms with Crippen LogP contribution in [0.15, 0.2) is 40.6 Å². The molecule has 0 radical (unpaired) electrons. The molecule has 1 unspecified atom stereocenters. The predicted octanol–water partition coefficient (Wildman–Crippen LogP) is 5.89. The van der Waals surface area contributed by atoms with Crippen LogP contribution in [0.5, 0.6) is 0 Å². The highest BCUT2D eigenvalue weighted by Gasteiger charge is 2.62. The molecular formula is C22H14Cl3F3N4O3. The summed E-state index contributed by atoms with van der Waals surface area (Å²) in [5, 5.41) is 18.3. The van der Waals surface area contributed by atoms with Crippen molar-refractivity contribution < 1.29 is 27.6 Å². The minimum atomic E-state index is -4.86. The van der Waals surface area contributed by atoms with Crippen LogP contribution in [0.25, 0.3) is 0 Å². The number of rotatable bonds is 4. The molecule has 0 aliphatic carbocycles. The van der Waals surface area contributed by atoms with Gasteiger partial charge in [0, 0.05) is 17.5 Å². The zero-order valence-electron chi connectivity index (χ0n) is 17.7. The summed E-state index contributed by atoms with van der Waals surface area (Å²) in [5.74, 6) is -0.492. The van der Waals surface area contributed by atoms with E-state index in [9.17, 15) is 18.0 Å². The molecule has 13 heteroatoms. The topological polar surface area (TPSA) is 96.1 Å². The molecule has 2 aromatic carbocycles. The second kappa shape index (κ2) is 9.22. The van der Waals surface area contributed by atoms with E-state index in [1.54, 1.807) is 6.92 Å². The van der Waals surface area contributed by atoms with E-state index in [4.69, 9.17) is 49.7 Å². The maximum absolute atomic E-state index is 14.2. The van der Waals surface area contributed by atoms with Crippen molar-refractivity contribution in [3.63, 3.8) is 0 Å². The fourth-order valence-corrected chi connectivity index (χ4v) is 4.29. The molecule has 2 atom stereocenters. The summed E-state index contributed by atoms with van der Waals surface area (Å²) in [7, 11) is 0. The molecule has 0 saturated heterocycles. The lowest BCUT2D eigenvalue weighted by Crippen LogP contribution is -2.42. The molecule has 2 aliphatic rings. The average molecular weight is 546 g/mol. The Bertz CT molecular complexity index is 1300. The van der Waals surface area contributed by atoms with Crippen molar-refractivity contribution in [2.75, 3.05) is 0 Å². The number of carbonyl (C=O) groups is 1. The lowest BCUT2D eigenvalue weighted by molar-refractivity contribution is -0.275. The van der Waals surface area contributed by atoms with Crippen LogP contribution < -0.4 is 5.32 Å². The van der Waals surface area contributed by atoms with Crippen LogP contribution in [0.4, 0.5) is 13.2 Å². The molecule has 4 rings (SSSR count). The summed E-state index contributed by atoms with van der Waals surface area (Å²) < 4.78 is 42.7. The third-order valence-electron chi connectivity index (χ3n) is 5.53. The Hall–Kier alpha value is -3.00. The predicted molar refractivity (Wildman–Crippen MR) is 123 cm³/mol. The van der Waals surface area contributed by atoms with Gasteiger partial charge in [-0.25, -0.2) is 0 Å². The summed E-state index contributed by atoms with van der Waals surface area (Å²) in [6, 6.07) is 8.38. The number of hydrogen-bond donors (Lipinski definition) is 1. The first-order valence-electron chi connectivity index (χ1n) is 9.96. The van der Waals surface area contributed by atoms with Gasteiger partial charge in [-0.2, -0.15) is 18.4 Å². The fraction of sp³-hybridized carbons (Fsp3) is 0.273. The standard InChI is InChI=1S/C22H14Cl3F3N4O3/c1-10-4-11(2-3-14(10)20(33)30-18-7-13(9-29)31-34-18)17-8-21(35-32-17,22(26,27)28)12-5-15(23)19(25)16(24)6-12/h2-6,18H,7-8H2,1H3,(H,30,33)/t18?,21-/m0/s1. The molecule has 0 spiro atoms. The van der Waals surface area contributed by atoms with Crippen molar-refractivity contribution in [1.82, 2.24) is 5.32 Å². The number of aryl methyl sites for hydroxylation is 1. The van der Waals surface area contributed by atoms with Crippen LogP contribution in [0.3, 0.4) is 0 Å². The second-order valence-electron chi connectivity index (χ2n) is 7.84. The third kappa shape index (κ3) is 4.63. The molecule has 2 heterocycles. The van der Waals surface area contributed by atoms with Gasteiger partial charge < -0.3 is 15.0 Å². The lowest BCUT2D eigenvalue weighted by atomic mass is 9.86. The van der Waals surface area contributed by atoms with Crippen LogP contribution in [-0.2, 0) is 15.3 Å². The van der Waals surface area contributed by atoms with Gasteiger partial charge in [0.1, 0.15) is 6.07 Å². The molecule has 1 amide bonds. The van der Waals surface area contributed by atoms with E-state index in [1.165, 1.54) is 18.2 Å². The number of halogens is 6. The first-order chi connectivity index (χ1) is 16.4. The van der Waals surface area contributed by atoms with Gasteiger partial charge in [-0.3, -0.25) is 4.79 Å². The number of nitrogens with zero attached hydrogens (tertiary/aromatic N) is 3. The zero-order chi connectivity index (χ0) is 25.5. The molecule has 0 bridgehead atoms. The van der Waals surface area contributed by atoms with Gasteiger partial charge in [0.2, 0.25) is 6.23 Å². The Balaban J connectivity index is 1.57. The van der Waals surface area contributed by atoms with Gasteiger partial charge >= 0.3 is 6.18 Å². The summed E-state index contributed by atoms with van der Waals surface area (Å²) in [4.78, 5) is 22.6. The Labute approximate surface area is 212 Å². The minimum Gasteiger partial charge on any atom is -0.374 e. The molecule has 35 heavy (non-hydrogen) atoms. The molecular weight excluding hydrogens is 532 g/mol. The van der Waals surface area contributed by atoms with Gasteiger partial charge in [0.05, 0.1) is 27.2 Å². The van der Waals surface area contributed by atoms with E-state index in [0.717, 1.165) is 12.1 Å². The Morgan fingerprint density at radius 3 is 2.46 bits per heavy atom. The van der Waals surface area contributed by atoms with Crippen molar-refractivity contribution in [1.29, 1.82) is 5.26 Å². The molecule has 2 aliphatic heterocycles. The van der Waals surface area contributed by atoms with E-state index >= 15 is 0 Å². The molecule has 1 N–H and O–H groups in total. The summed E-state index contributed by atoms with van der Waals surface area (Å²) >= 11 is 17.8. The summed E-state index contributed by atoms with van der Waals surface area (Å²) in [6.07, 6.45) is -6.17. The first-order valence-corrected chi connectivity index (χ1v) is 11.1. The van der Waals surface area contributed by atoms with E-state index < -0.39 is 30.3 Å². The summed E-state index contributed by atoms with van der Waals surface area (Å²) in [6.45, 7) is 1.62. The van der Waals surface area contributed by atoms with Crippen LogP contribution in [0.1, 0.15) is 39.9 Å². The maximum atomic E-state index is 14.2. The quantitative estimate of drug-likeness (QED) is 0.484. The molecule has 182 valence electrons. The zero-order valence-corrected chi connectivity index (χ0v) is 20.0. The van der Waals surface area contributed by atoms with Crippen LogP contribution in [0, 0.1) is 18.3 Å². The maximum Gasteiger partial charge on any atom is 0.435 e. The van der Waals surface area contributed by atoms with Crippen LogP contribution in [-0.4, -0.2) is 29.7 Å². The van der Waals surface area contributed by atoms with Crippen molar-refractivity contribution >= 4 is 52.1 Å². The SMILES string of the molecule is Cc1cc(C2=NO[C@@](c3cc(Cl)c(Cl)c(Cl)c3)(C(F)(F)F)C2)ccc1C(=O)NC1CC(C#N)=NO1. The van der Waals surface area contributed by atoms with Gasteiger partial charge in [-0.05, 0) is 42.3 Å². The van der Waals surface area contributed by atoms with Gasteiger partial charge in [-0.1, -0.05) is 51.2 Å².